The standard InChI is InChI=1S/C12H18FNO4S/c1-4-14-7-11(13)10(6-12(14)15)5-9(2)8-18-19(3,16)17/h6-7,9H,4-5,8H2,1-3H3/t9-/m0/s1. The lowest BCUT2D eigenvalue weighted by Gasteiger charge is -2.12. The van der Waals surface area contributed by atoms with Crippen LogP contribution in [0.1, 0.15) is 19.4 Å². The van der Waals surface area contributed by atoms with Gasteiger partial charge in [0.25, 0.3) is 15.7 Å². The van der Waals surface area contributed by atoms with Gasteiger partial charge in [-0.05, 0) is 24.8 Å². The van der Waals surface area contributed by atoms with E-state index in [0.29, 0.717) is 6.54 Å². The van der Waals surface area contributed by atoms with Gasteiger partial charge < -0.3 is 4.57 Å². The molecule has 0 saturated carbocycles. The van der Waals surface area contributed by atoms with Gasteiger partial charge in [-0.25, -0.2) is 4.39 Å². The van der Waals surface area contributed by atoms with Crippen LogP contribution in [-0.4, -0.2) is 25.8 Å². The highest BCUT2D eigenvalue weighted by atomic mass is 32.2. The zero-order valence-corrected chi connectivity index (χ0v) is 12.0. The molecule has 1 rings (SSSR count). The minimum absolute atomic E-state index is 0.0326. The zero-order chi connectivity index (χ0) is 14.6. The van der Waals surface area contributed by atoms with Crippen molar-refractivity contribution in [1.82, 2.24) is 4.57 Å². The Morgan fingerprint density at radius 2 is 2.11 bits per heavy atom. The topological polar surface area (TPSA) is 65.4 Å². The zero-order valence-electron chi connectivity index (χ0n) is 11.2. The molecule has 0 N–H and O–H groups in total. The second kappa shape index (κ2) is 6.29. The predicted octanol–water partition coefficient (Wildman–Crippen LogP) is 1.16. The van der Waals surface area contributed by atoms with Gasteiger partial charge in [-0.1, -0.05) is 6.92 Å². The second-order valence-electron chi connectivity index (χ2n) is 4.57. The van der Waals surface area contributed by atoms with Crippen LogP contribution in [0.25, 0.3) is 0 Å². The van der Waals surface area contributed by atoms with Gasteiger partial charge in [0.05, 0.1) is 12.9 Å². The molecule has 0 radical (unpaired) electrons. The number of rotatable bonds is 6. The average Bonchev–Trinajstić information content (AvgIpc) is 2.30. The molecule has 0 bridgehead atoms. The second-order valence-corrected chi connectivity index (χ2v) is 6.21. The van der Waals surface area contributed by atoms with Crippen LogP contribution in [0.15, 0.2) is 17.1 Å². The van der Waals surface area contributed by atoms with Crippen LogP contribution in [0.2, 0.25) is 0 Å². The monoisotopic (exact) mass is 291 g/mol. The number of hydrogen-bond acceptors (Lipinski definition) is 4. The van der Waals surface area contributed by atoms with Crippen molar-refractivity contribution in [3.05, 3.63) is 34.0 Å². The summed E-state index contributed by atoms with van der Waals surface area (Å²) >= 11 is 0. The first kappa shape index (κ1) is 15.8. The van der Waals surface area contributed by atoms with E-state index in [9.17, 15) is 17.6 Å². The minimum atomic E-state index is -3.50. The number of hydrogen-bond donors (Lipinski definition) is 0. The number of aromatic nitrogens is 1. The molecule has 1 atom stereocenters. The summed E-state index contributed by atoms with van der Waals surface area (Å²) in [5.74, 6) is -0.672. The van der Waals surface area contributed by atoms with E-state index in [1.807, 2.05) is 0 Å². The molecule has 0 unspecified atom stereocenters. The number of nitrogens with zero attached hydrogens (tertiary/aromatic N) is 1. The van der Waals surface area contributed by atoms with Crippen LogP contribution in [0, 0.1) is 11.7 Å². The molecule has 0 spiro atoms. The van der Waals surface area contributed by atoms with Crippen molar-refractivity contribution >= 4 is 10.1 Å². The van der Waals surface area contributed by atoms with Crippen molar-refractivity contribution in [2.75, 3.05) is 12.9 Å². The molecule has 0 saturated heterocycles. The van der Waals surface area contributed by atoms with E-state index in [1.165, 1.54) is 16.8 Å². The summed E-state index contributed by atoms with van der Waals surface area (Å²) in [6, 6.07) is 1.25. The van der Waals surface area contributed by atoms with E-state index >= 15 is 0 Å². The summed E-state index contributed by atoms with van der Waals surface area (Å²) in [4.78, 5) is 11.6. The summed E-state index contributed by atoms with van der Waals surface area (Å²) < 4.78 is 41.3. The summed E-state index contributed by atoms with van der Waals surface area (Å²) in [5.41, 5.74) is 0.00873. The molecule has 0 fully saturated rings. The van der Waals surface area contributed by atoms with Gasteiger partial charge in [-0.2, -0.15) is 8.42 Å². The van der Waals surface area contributed by atoms with Crippen LogP contribution in [0.5, 0.6) is 0 Å². The van der Waals surface area contributed by atoms with Gasteiger partial charge in [-0.3, -0.25) is 8.98 Å². The van der Waals surface area contributed by atoms with E-state index in [-0.39, 0.29) is 30.1 Å². The summed E-state index contributed by atoms with van der Waals surface area (Å²) in [6.07, 6.45) is 2.38. The highest BCUT2D eigenvalue weighted by molar-refractivity contribution is 7.85. The van der Waals surface area contributed by atoms with Gasteiger partial charge >= 0.3 is 0 Å². The van der Waals surface area contributed by atoms with E-state index < -0.39 is 15.9 Å². The van der Waals surface area contributed by atoms with Gasteiger partial charge in [0.15, 0.2) is 0 Å². The largest absolute Gasteiger partial charge is 0.313 e. The van der Waals surface area contributed by atoms with E-state index in [1.54, 1.807) is 13.8 Å². The SMILES string of the molecule is CCn1cc(F)c(C[C@H](C)COS(C)(=O)=O)cc1=O. The fraction of sp³-hybridized carbons (Fsp3) is 0.583. The van der Waals surface area contributed by atoms with Crippen molar-refractivity contribution in [3.63, 3.8) is 0 Å². The Morgan fingerprint density at radius 3 is 2.63 bits per heavy atom. The molecule has 0 aliphatic rings. The highest BCUT2D eigenvalue weighted by Crippen LogP contribution is 2.12. The molecule has 1 aromatic heterocycles. The first-order valence-corrected chi connectivity index (χ1v) is 7.78. The molecule has 0 aromatic carbocycles. The van der Waals surface area contributed by atoms with Gasteiger partial charge in [-0.15, -0.1) is 0 Å². The summed E-state index contributed by atoms with van der Waals surface area (Å²) in [5, 5.41) is 0. The molecular formula is C12H18FNO4S. The molecule has 0 amide bonds. The molecule has 1 aromatic rings. The Kier molecular flexibility index (Phi) is 5.25. The molecule has 108 valence electrons. The molecule has 1 heterocycles. The van der Waals surface area contributed by atoms with Crippen LogP contribution < -0.4 is 5.56 Å². The van der Waals surface area contributed by atoms with Crippen molar-refractivity contribution < 1.29 is 17.0 Å². The van der Waals surface area contributed by atoms with Gasteiger partial charge in [0.1, 0.15) is 5.82 Å². The van der Waals surface area contributed by atoms with E-state index in [4.69, 9.17) is 0 Å². The number of pyridine rings is 1. The Bertz CT molecular complexity index is 594. The van der Waals surface area contributed by atoms with E-state index in [2.05, 4.69) is 4.18 Å². The Balaban J connectivity index is 2.77. The third-order valence-corrected chi connectivity index (χ3v) is 3.20. The molecular weight excluding hydrogens is 273 g/mol. The number of aryl methyl sites for hydroxylation is 1. The van der Waals surface area contributed by atoms with Crippen molar-refractivity contribution in [2.24, 2.45) is 5.92 Å². The molecule has 19 heavy (non-hydrogen) atoms. The normalized spacial score (nSPS) is 13.5. The lowest BCUT2D eigenvalue weighted by Crippen LogP contribution is -2.21. The van der Waals surface area contributed by atoms with Crippen molar-refractivity contribution in [3.8, 4) is 0 Å². The lowest BCUT2D eigenvalue weighted by molar-refractivity contribution is 0.265. The fourth-order valence-electron chi connectivity index (χ4n) is 1.66. The average molecular weight is 291 g/mol. The summed E-state index contributed by atoms with van der Waals surface area (Å²) in [7, 11) is -3.50. The Morgan fingerprint density at radius 1 is 1.47 bits per heavy atom. The van der Waals surface area contributed by atoms with E-state index in [0.717, 1.165) is 6.26 Å². The first-order valence-electron chi connectivity index (χ1n) is 5.96. The van der Waals surface area contributed by atoms with Gasteiger partial charge in [0.2, 0.25) is 0 Å². The Labute approximate surface area is 112 Å². The molecule has 5 nitrogen and oxygen atoms in total. The number of halogens is 1. The molecule has 7 heteroatoms. The predicted molar refractivity (Wildman–Crippen MR) is 70.0 cm³/mol. The third kappa shape index (κ3) is 5.12. The van der Waals surface area contributed by atoms with Gasteiger partial charge in [0, 0.05) is 18.8 Å². The van der Waals surface area contributed by atoms with Crippen LogP contribution in [-0.2, 0) is 27.3 Å². The maximum atomic E-state index is 13.7. The van der Waals surface area contributed by atoms with Crippen molar-refractivity contribution in [1.29, 1.82) is 0 Å². The van der Waals surface area contributed by atoms with Crippen molar-refractivity contribution in [2.45, 2.75) is 26.8 Å². The first-order chi connectivity index (χ1) is 8.73. The fourth-order valence-corrected chi connectivity index (χ4v) is 2.14. The lowest BCUT2D eigenvalue weighted by atomic mass is 10.0. The van der Waals surface area contributed by atoms with Crippen LogP contribution in [0.4, 0.5) is 4.39 Å². The summed E-state index contributed by atoms with van der Waals surface area (Å²) in [6.45, 7) is 3.86. The van der Waals surface area contributed by atoms with Crippen LogP contribution >= 0.6 is 0 Å². The smallest absolute Gasteiger partial charge is 0.264 e. The maximum Gasteiger partial charge on any atom is 0.264 e. The third-order valence-electron chi connectivity index (χ3n) is 2.63. The minimum Gasteiger partial charge on any atom is -0.313 e. The van der Waals surface area contributed by atoms with Crippen LogP contribution in [0.3, 0.4) is 0 Å². The molecule has 0 aliphatic carbocycles. The quantitative estimate of drug-likeness (QED) is 0.738. The maximum absolute atomic E-state index is 13.7. The molecule has 0 aliphatic heterocycles. The Hall–Kier alpha value is -1.21. The highest BCUT2D eigenvalue weighted by Gasteiger charge is 2.13.